The van der Waals surface area contributed by atoms with E-state index in [1.807, 2.05) is 13.8 Å². The van der Waals surface area contributed by atoms with E-state index in [2.05, 4.69) is 21.6 Å². The lowest BCUT2D eigenvalue weighted by Gasteiger charge is -2.39. The predicted molar refractivity (Wildman–Crippen MR) is 174 cm³/mol. The Bertz CT molecular complexity index is 2170. The van der Waals surface area contributed by atoms with Gasteiger partial charge in [-0.3, -0.25) is 9.59 Å². The number of halogens is 6. The number of esters is 1. The second-order valence-corrected chi connectivity index (χ2v) is 12.6. The second-order valence-electron chi connectivity index (χ2n) is 12.6. The van der Waals surface area contributed by atoms with E-state index in [9.17, 15) is 50.9 Å². The molecule has 4 aromatic rings. The Morgan fingerprint density at radius 1 is 0.963 bits per heavy atom. The van der Waals surface area contributed by atoms with Gasteiger partial charge in [-0.15, -0.1) is 5.10 Å². The topological polar surface area (TPSA) is 160 Å². The minimum atomic E-state index is -4.98. The van der Waals surface area contributed by atoms with Crippen LogP contribution in [0, 0.1) is 0 Å². The molecule has 5 heterocycles. The molecule has 54 heavy (non-hydrogen) atoms. The molecule has 0 saturated carbocycles. The maximum absolute atomic E-state index is 13.9. The standard InChI is InChI=1S/C35H30F6N6O7/c1-4-27(50)45-9-10-53-31-28-22(7-8-46(23(28)16-45)32(51)19-11-24(48)29(42-14-19)34(36,37)38)47(44-31)21-6-5-18(17(2)3)13-26(21)54-33(52)20-12-25(49)30(43-15-20)35(39,40)41/h4-6,11-15,17,23,48-49H,1,7-10,16H2,2-3H3. The third-order valence-corrected chi connectivity index (χ3v) is 8.86. The first-order valence-electron chi connectivity index (χ1n) is 16.2. The summed E-state index contributed by atoms with van der Waals surface area (Å²) >= 11 is 0. The fraction of sp³-hybridized carbons (Fsp3) is 0.314. The first kappa shape index (κ1) is 37.6. The van der Waals surface area contributed by atoms with Gasteiger partial charge in [0.25, 0.3) is 5.91 Å². The van der Waals surface area contributed by atoms with E-state index in [4.69, 9.17) is 9.47 Å². The fourth-order valence-electron chi connectivity index (χ4n) is 6.22. The molecule has 2 N–H and O–H groups in total. The molecule has 6 rings (SSSR count). The molecule has 2 aliphatic rings. The number of pyridine rings is 2. The maximum atomic E-state index is 13.9. The van der Waals surface area contributed by atoms with Crippen molar-refractivity contribution < 1.29 is 60.4 Å². The summed E-state index contributed by atoms with van der Waals surface area (Å²) < 4.78 is 92.6. The van der Waals surface area contributed by atoms with Gasteiger partial charge in [0.1, 0.15) is 23.8 Å². The number of alkyl halides is 6. The highest BCUT2D eigenvalue weighted by Gasteiger charge is 2.42. The second kappa shape index (κ2) is 14.0. The van der Waals surface area contributed by atoms with Gasteiger partial charge in [-0.1, -0.05) is 26.5 Å². The number of carbonyl (C=O) groups is 3. The minimum absolute atomic E-state index is 0.0353. The van der Waals surface area contributed by atoms with Gasteiger partial charge in [0.15, 0.2) is 17.1 Å². The number of nitrogens with zero attached hydrogens (tertiary/aromatic N) is 6. The van der Waals surface area contributed by atoms with Crippen LogP contribution in [0.4, 0.5) is 26.3 Å². The number of hydrogen-bond acceptors (Lipinski definition) is 10. The quantitative estimate of drug-likeness (QED) is 0.110. The van der Waals surface area contributed by atoms with Crippen LogP contribution >= 0.6 is 0 Å². The van der Waals surface area contributed by atoms with Gasteiger partial charge in [0.05, 0.1) is 35.0 Å². The normalized spacial score (nSPS) is 15.9. The zero-order valence-corrected chi connectivity index (χ0v) is 28.4. The molecular weight excluding hydrogens is 730 g/mol. The number of ether oxygens (including phenoxy) is 2. The lowest BCUT2D eigenvalue weighted by molar-refractivity contribution is -0.143. The van der Waals surface area contributed by atoms with Crippen LogP contribution in [0.15, 0.2) is 55.4 Å². The zero-order chi connectivity index (χ0) is 39.3. The molecule has 2 amide bonds. The lowest BCUT2D eigenvalue weighted by atomic mass is 9.95. The molecule has 0 saturated heterocycles. The number of amides is 2. The van der Waals surface area contributed by atoms with E-state index in [0.717, 1.165) is 6.08 Å². The Kier molecular flexibility index (Phi) is 9.76. The summed E-state index contributed by atoms with van der Waals surface area (Å²) in [5.41, 5.74) is -2.34. The van der Waals surface area contributed by atoms with Gasteiger partial charge in [-0.2, -0.15) is 26.3 Å². The largest absolute Gasteiger partial charge is 0.506 e. The Morgan fingerprint density at radius 3 is 2.19 bits per heavy atom. The van der Waals surface area contributed by atoms with Crippen LogP contribution in [-0.4, -0.2) is 83.8 Å². The van der Waals surface area contributed by atoms with Gasteiger partial charge < -0.3 is 29.5 Å². The molecule has 0 bridgehead atoms. The number of hydrogen-bond donors (Lipinski definition) is 2. The van der Waals surface area contributed by atoms with E-state index >= 15 is 0 Å². The van der Waals surface area contributed by atoms with Crippen LogP contribution in [0.5, 0.6) is 23.1 Å². The van der Waals surface area contributed by atoms with Crippen LogP contribution in [0.25, 0.3) is 5.69 Å². The van der Waals surface area contributed by atoms with Crippen molar-refractivity contribution in [1.82, 2.24) is 29.5 Å². The maximum Gasteiger partial charge on any atom is 0.437 e. The van der Waals surface area contributed by atoms with E-state index in [-0.39, 0.29) is 61.5 Å². The first-order chi connectivity index (χ1) is 25.4. The van der Waals surface area contributed by atoms with Crippen LogP contribution < -0.4 is 9.47 Å². The Balaban J connectivity index is 1.44. The first-order valence-corrected chi connectivity index (χ1v) is 16.2. The highest BCUT2D eigenvalue weighted by Crippen LogP contribution is 2.42. The lowest BCUT2D eigenvalue weighted by Crippen LogP contribution is -2.48. The van der Waals surface area contributed by atoms with Gasteiger partial charge in [0, 0.05) is 31.9 Å². The molecule has 2 aliphatic heterocycles. The molecule has 0 radical (unpaired) electrons. The molecule has 1 aromatic carbocycles. The van der Waals surface area contributed by atoms with Crippen molar-refractivity contribution in [3.63, 3.8) is 0 Å². The third-order valence-electron chi connectivity index (χ3n) is 8.86. The molecule has 0 fully saturated rings. The molecule has 19 heteroatoms. The van der Waals surface area contributed by atoms with E-state index in [1.54, 1.807) is 12.1 Å². The SMILES string of the molecule is C=CC(=O)N1CCOc2nn(-c3ccc(C(C)C)cc3OC(=O)c3cnc(C(F)(F)F)c(O)c3)c3c2C(C1)N(C(=O)c1cnc(C(F)(F)F)c(O)c1)CC3. The van der Waals surface area contributed by atoms with Gasteiger partial charge in [0.2, 0.25) is 11.8 Å². The summed E-state index contributed by atoms with van der Waals surface area (Å²) in [7, 11) is 0. The Morgan fingerprint density at radius 2 is 1.59 bits per heavy atom. The average molecular weight is 761 g/mol. The number of aromatic hydroxyl groups is 2. The highest BCUT2D eigenvalue weighted by molar-refractivity contribution is 5.95. The number of benzene rings is 1. The summed E-state index contributed by atoms with van der Waals surface area (Å²) in [6.45, 7) is 7.06. The summed E-state index contributed by atoms with van der Waals surface area (Å²) in [5.74, 6) is -5.11. The predicted octanol–water partition coefficient (Wildman–Crippen LogP) is 5.60. The van der Waals surface area contributed by atoms with Crippen molar-refractivity contribution in [2.75, 3.05) is 26.2 Å². The molecule has 13 nitrogen and oxygen atoms in total. The number of rotatable bonds is 6. The van der Waals surface area contributed by atoms with Crippen LogP contribution in [0.1, 0.15) is 74.7 Å². The average Bonchev–Trinajstić information content (AvgIpc) is 3.46. The Labute approximate surface area is 302 Å². The molecule has 3 aromatic heterocycles. The van der Waals surface area contributed by atoms with Crippen LogP contribution in [0.3, 0.4) is 0 Å². The Hall–Kier alpha value is -6.14. The molecular formula is C35H30F6N6O7. The molecule has 1 atom stereocenters. The fourth-order valence-corrected chi connectivity index (χ4v) is 6.22. The third kappa shape index (κ3) is 7.12. The summed E-state index contributed by atoms with van der Waals surface area (Å²) in [5, 5.41) is 24.7. The summed E-state index contributed by atoms with van der Waals surface area (Å²) in [4.78, 5) is 49.2. The van der Waals surface area contributed by atoms with Crippen molar-refractivity contribution in [3.05, 3.63) is 94.7 Å². The van der Waals surface area contributed by atoms with Gasteiger partial charge in [-0.05, 0) is 41.8 Å². The zero-order valence-electron chi connectivity index (χ0n) is 28.4. The van der Waals surface area contributed by atoms with Crippen molar-refractivity contribution in [3.8, 4) is 28.8 Å². The van der Waals surface area contributed by atoms with Crippen molar-refractivity contribution >= 4 is 17.8 Å². The highest BCUT2D eigenvalue weighted by atomic mass is 19.4. The smallest absolute Gasteiger partial charge is 0.437 e. The summed E-state index contributed by atoms with van der Waals surface area (Å²) in [6.07, 6.45) is -7.52. The molecule has 1 unspecified atom stereocenters. The van der Waals surface area contributed by atoms with Crippen LogP contribution in [0.2, 0.25) is 0 Å². The van der Waals surface area contributed by atoms with E-state index in [1.165, 1.54) is 20.5 Å². The number of carbonyl (C=O) groups excluding carboxylic acids is 3. The van der Waals surface area contributed by atoms with Crippen molar-refractivity contribution in [2.24, 2.45) is 0 Å². The minimum Gasteiger partial charge on any atom is -0.506 e. The van der Waals surface area contributed by atoms with Gasteiger partial charge in [-0.25, -0.2) is 19.4 Å². The summed E-state index contributed by atoms with van der Waals surface area (Å²) in [6, 6.07) is 5.11. The molecule has 0 spiro atoms. The van der Waals surface area contributed by atoms with E-state index in [0.29, 0.717) is 41.3 Å². The van der Waals surface area contributed by atoms with Crippen molar-refractivity contribution in [1.29, 1.82) is 0 Å². The van der Waals surface area contributed by atoms with E-state index < -0.39 is 64.6 Å². The van der Waals surface area contributed by atoms with Crippen LogP contribution in [-0.2, 0) is 23.6 Å². The van der Waals surface area contributed by atoms with Crippen molar-refractivity contribution in [2.45, 2.75) is 44.6 Å². The molecule has 0 aliphatic carbocycles. The molecule has 284 valence electrons. The van der Waals surface area contributed by atoms with Gasteiger partial charge >= 0.3 is 18.3 Å². The monoisotopic (exact) mass is 760 g/mol. The number of aromatic nitrogens is 4.